The Balaban J connectivity index is 0.000000194. The van der Waals surface area contributed by atoms with Gasteiger partial charge in [-0.15, -0.1) is 0 Å². The molecule has 15 nitrogen and oxygen atoms in total. The lowest BCUT2D eigenvalue weighted by atomic mass is 10.0. The van der Waals surface area contributed by atoms with E-state index < -0.39 is 5.97 Å². The number of aromatic amines is 2. The second-order valence-corrected chi connectivity index (χ2v) is 16.8. The molecule has 2 fully saturated rings. The molecule has 65 heavy (non-hydrogen) atoms. The number of hydrogen-bond acceptors (Lipinski definition) is 12. The van der Waals surface area contributed by atoms with Crippen molar-refractivity contribution < 1.29 is 19.4 Å². The number of benzene rings is 2. The molecule has 2 saturated heterocycles. The van der Waals surface area contributed by atoms with Crippen molar-refractivity contribution in [1.29, 1.82) is 5.26 Å². The number of nitrogens with zero attached hydrogens (tertiary/aromatic N) is 5. The minimum atomic E-state index is -0.984. The highest BCUT2D eigenvalue weighted by atomic mass is 16.5. The van der Waals surface area contributed by atoms with Crippen LogP contribution in [0.15, 0.2) is 70.5 Å². The van der Waals surface area contributed by atoms with Crippen LogP contribution in [0, 0.1) is 39.0 Å². The number of H-pyrrole nitrogens is 2. The maximum atomic E-state index is 12.4. The molecule has 2 aliphatic heterocycles. The van der Waals surface area contributed by atoms with E-state index in [1.165, 1.54) is 0 Å². The minimum absolute atomic E-state index is 0.0923. The van der Waals surface area contributed by atoms with E-state index in [-0.39, 0.29) is 29.3 Å². The van der Waals surface area contributed by atoms with E-state index >= 15 is 0 Å². The lowest BCUT2D eigenvalue weighted by Crippen LogP contribution is -2.39. The lowest BCUT2D eigenvalue weighted by molar-refractivity contribution is 0.0696. The van der Waals surface area contributed by atoms with E-state index in [2.05, 4.69) is 60.3 Å². The third-order valence-corrected chi connectivity index (χ3v) is 12.5. The number of rotatable bonds is 13. The zero-order valence-corrected chi connectivity index (χ0v) is 38.1. The summed E-state index contributed by atoms with van der Waals surface area (Å²) < 4.78 is 11.1. The number of nitrogens with one attached hydrogen (secondary N) is 4. The van der Waals surface area contributed by atoms with Crippen LogP contribution < -0.4 is 31.6 Å². The molecule has 0 spiro atoms. The van der Waals surface area contributed by atoms with Crippen molar-refractivity contribution >= 4 is 50.5 Å². The van der Waals surface area contributed by atoms with Gasteiger partial charge in [-0.05, 0) is 127 Å². The first-order chi connectivity index (χ1) is 31.4. The number of fused-ring (bicyclic) bond motifs is 2. The van der Waals surface area contributed by atoms with Crippen LogP contribution in [0.1, 0.15) is 89.1 Å². The van der Waals surface area contributed by atoms with Crippen molar-refractivity contribution in [2.75, 3.05) is 60.0 Å². The number of aromatic carboxylic acids is 1. The third kappa shape index (κ3) is 10.5. The molecule has 0 amide bonds. The molecule has 6 aromatic rings. The SMILES string of the molecule is CCN(c1cc(C#N)cc2c(NCc3c(C)cc(C)[nH]c3=O)nccc12)C1CCOCC1.CCN(c1cc(C(=O)O)cc2c(NCc3c(C)cc(C)[nH]c3=O)nccc12)C1CCOCC1. The van der Waals surface area contributed by atoms with Gasteiger partial charge in [0.05, 0.1) is 17.2 Å². The fraction of sp³-hybridized carbons (Fsp3) is 0.400. The minimum Gasteiger partial charge on any atom is -0.478 e. The van der Waals surface area contributed by atoms with Crippen molar-refractivity contribution in [3.63, 3.8) is 0 Å². The first kappa shape index (κ1) is 46.2. The molecular formula is C50H59N9O6. The summed E-state index contributed by atoms with van der Waals surface area (Å²) in [7, 11) is 0. The monoisotopic (exact) mass is 881 g/mol. The first-order valence-electron chi connectivity index (χ1n) is 22.4. The predicted octanol–water partition coefficient (Wildman–Crippen LogP) is 7.88. The molecule has 15 heteroatoms. The van der Waals surface area contributed by atoms with Crippen molar-refractivity contribution in [2.45, 2.75) is 92.4 Å². The number of pyridine rings is 4. The normalized spacial score (nSPS) is 14.4. The fourth-order valence-corrected chi connectivity index (χ4v) is 9.27. The number of carboxylic acids is 1. The Labute approximate surface area is 378 Å². The van der Waals surface area contributed by atoms with Gasteiger partial charge in [-0.25, -0.2) is 14.8 Å². The van der Waals surface area contributed by atoms with Gasteiger partial charge in [-0.3, -0.25) is 9.59 Å². The summed E-state index contributed by atoms with van der Waals surface area (Å²) >= 11 is 0. The van der Waals surface area contributed by atoms with Gasteiger partial charge in [0.2, 0.25) is 0 Å². The average Bonchev–Trinajstić information content (AvgIpc) is 3.29. The number of nitriles is 1. The summed E-state index contributed by atoms with van der Waals surface area (Å²) in [6, 6.07) is 18.0. The van der Waals surface area contributed by atoms with Gasteiger partial charge in [-0.1, -0.05) is 0 Å². The van der Waals surface area contributed by atoms with Crippen LogP contribution in [0.25, 0.3) is 21.5 Å². The largest absolute Gasteiger partial charge is 0.478 e. The van der Waals surface area contributed by atoms with Crippen LogP contribution in [0.4, 0.5) is 23.0 Å². The average molecular weight is 882 g/mol. The fourth-order valence-electron chi connectivity index (χ4n) is 9.27. The number of aromatic nitrogens is 4. The number of anilines is 4. The van der Waals surface area contributed by atoms with E-state index in [4.69, 9.17) is 9.47 Å². The highest BCUT2D eigenvalue weighted by molar-refractivity contribution is 6.05. The molecule has 4 aromatic heterocycles. The molecule has 2 aliphatic rings. The van der Waals surface area contributed by atoms with Crippen molar-refractivity contribution in [1.82, 2.24) is 19.9 Å². The Kier molecular flexibility index (Phi) is 14.8. The number of hydrogen-bond donors (Lipinski definition) is 5. The maximum absolute atomic E-state index is 12.4. The quantitative estimate of drug-likeness (QED) is 0.0751. The molecule has 0 saturated carbocycles. The van der Waals surface area contributed by atoms with Gasteiger partial charge in [0.25, 0.3) is 11.1 Å². The molecule has 6 heterocycles. The van der Waals surface area contributed by atoms with Gasteiger partial charge in [0.15, 0.2) is 0 Å². The van der Waals surface area contributed by atoms with Crippen molar-refractivity contribution in [2.24, 2.45) is 0 Å². The Morgan fingerprint density at radius 3 is 1.57 bits per heavy atom. The first-order valence-corrected chi connectivity index (χ1v) is 22.4. The highest BCUT2D eigenvalue weighted by Gasteiger charge is 2.26. The van der Waals surface area contributed by atoms with Crippen LogP contribution in [0.5, 0.6) is 0 Å². The van der Waals surface area contributed by atoms with Crippen molar-refractivity contribution in [3.05, 3.63) is 126 Å². The molecule has 8 rings (SSSR count). The highest BCUT2D eigenvalue weighted by Crippen LogP contribution is 2.36. The van der Waals surface area contributed by atoms with Crippen LogP contribution in [-0.4, -0.2) is 82.6 Å². The Hall–Kier alpha value is -6.76. The number of aryl methyl sites for hydroxylation is 4. The van der Waals surface area contributed by atoms with Gasteiger partial charge < -0.3 is 45.0 Å². The molecule has 0 unspecified atom stereocenters. The molecule has 340 valence electrons. The predicted molar refractivity (Wildman–Crippen MR) is 257 cm³/mol. The summed E-state index contributed by atoms with van der Waals surface area (Å²) in [5.74, 6) is 0.240. The maximum Gasteiger partial charge on any atom is 0.335 e. The Bertz CT molecular complexity index is 2840. The van der Waals surface area contributed by atoms with Crippen LogP contribution in [0.2, 0.25) is 0 Å². The lowest BCUT2D eigenvalue weighted by Gasteiger charge is -2.36. The molecule has 0 atom stereocenters. The van der Waals surface area contributed by atoms with E-state index in [1.807, 2.05) is 64.1 Å². The van der Waals surface area contributed by atoms with E-state index in [0.29, 0.717) is 54.1 Å². The molecule has 0 radical (unpaired) electrons. The van der Waals surface area contributed by atoms with Crippen LogP contribution in [-0.2, 0) is 22.6 Å². The Morgan fingerprint density at radius 2 is 1.15 bits per heavy atom. The number of ether oxygens (including phenoxy) is 2. The van der Waals surface area contributed by atoms with E-state index in [1.54, 1.807) is 24.5 Å². The van der Waals surface area contributed by atoms with Gasteiger partial charge in [-0.2, -0.15) is 5.26 Å². The van der Waals surface area contributed by atoms with Crippen LogP contribution >= 0.6 is 0 Å². The topological polar surface area (TPSA) is 202 Å². The number of carbonyl (C=O) groups is 1. The molecule has 5 N–H and O–H groups in total. The third-order valence-electron chi connectivity index (χ3n) is 12.5. The zero-order valence-electron chi connectivity index (χ0n) is 38.1. The second kappa shape index (κ2) is 20.8. The Morgan fingerprint density at radius 1 is 0.708 bits per heavy atom. The standard InChI is InChI=1S/C25H29N5O2.C25H30N4O4/c1-4-30(19-6-9-32-10-7-19)23-13-18(14-26)12-21-20(23)5-8-27-24(21)28-15-22-16(2)11-17(3)29-25(22)31;1-4-29(18-6-9-33-10-7-18)22-13-17(25(31)32)12-20-19(22)5-8-26-23(20)27-14-21-15(2)11-16(3)28-24(21)30/h5,8,11-13,19H,4,6-7,9-10,15H2,1-3H3,(H,27,28)(H,29,31);5,8,11-13,18H,4,6-7,9-10,14H2,1-3H3,(H,26,27)(H,28,30)(H,31,32). The summed E-state index contributed by atoms with van der Waals surface area (Å²) in [6.45, 7) is 17.0. The molecular weight excluding hydrogens is 823 g/mol. The summed E-state index contributed by atoms with van der Waals surface area (Å²) in [5.41, 5.74) is 7.31. The molecule has 2 aromatic carbocycles. The van der Waals surface area contributed by atoms with Crippen LogP contribution in [0.3, 0.4) is 0 Å². The van der Waals surface area contributed by atoms with Gasteiger partial charge in [0.1, 0.15) is 11.6 Å². The summed E-state index contributed by atoms with van der Waals surface area (Å²) in [5, 5.41) is 29.7. The van der Waals surface area contributed by atoms with Crippen molar-refractivity contribution in [3.8, 4) is 6.07 Å². The van der Waals surface area contributed by atoms with E-state index in [9.17, 15) is 24.8 Å². The molecule has 0 bridgehead atoms. The second-order valence-electron chi connectivity index (χ2n) is 16.8. The number of carboxylic acid groups (broad SMARTS) is 1. The van der Waals surface area contributed by atoms with Gasteiger partial charge >= 0.3 is 5.97 Å². The zero-order chi connectivity index (χ0) is 46.2. The summed E-state index contributed by atoms with van der Waals surface area (Å²) in [6.07, 6.45) is 7.25. The molecule has 0 aliphatic carbocycles. The van der Waals surface area contributed by atoms with Gasteiger partial charge in [0, 0.05) is 133 Å². The smallest absolute Gasteiger partial charge is 0.335 e. The summed E-state index contributed by atoms with van der Waals surface area (Å²) in [4.78, 5) is 56.2. The van der Waals surface area contributed by atoms with E-state index in [0.717, 1.165) is 107 Å².